The Morgan fingerprint density at radius 2 is 1.93 bits per heavy atom. The summed E-state index contributed by atoms with van der Waals surface area (Å²) in [6, 6.07) is 8.44. The molecule has 3 aliphatic rings. The Kier molecular flexibility index (Phi) is 11.0. The zero-order chi connectivity index (χ0) is 28.5. The van der Waals surface area contributed by atoms with Gasteiger partial charge in [-0.3, -0.25) is 4.98 Å². The van der Waals surface area contributed by atoms with Gasteiger partial charge in [0, 0.05) is 68.6 Å². The van der Waals surface area contributed by atoms with Gasteiger partial charge < -0.3 is 33.0 Å². The summed E-state index contributed by atoms with van der Waals surface area (Å²) in [5.41, 5.74) is 1.80. The highest BCUT2D eigenvalue weighted by Gasteiger charge is 2.45. The fourth-order valence-corrected chi connectivity index (χ4v) is 8.94. The molecule has 1 N–H and O–H groups in total. The van der Waals surface area contributed by atoms with E-state index in [0.29, 0.717) is 50.7 Å². The number of ether oxygens (including phenoxy) is 2. The summed E-state index contributed by atoms with van der Waals surface area (Å²) in [6.07, 6.45) is 4.73. The van der Waals surface area contributed by atoms with E-state index in [1.165, 1.54) is 0 Å². The van der Waals surface area contributed by atoms with Crippen molar-refractivity contribution in [2.75, 3.05) is 53.1 Å². The maximum Gasteiger partial charge on any atom is 0.500 e. The topological polar surface area (TPSA) is 91.4 Å². The van der Waals surface area contributed by atoms with Crippen molar-refractivity contribution in [3.8, 4) is 5.75 Å². The van der Waals surface area contributed by atoms with Crippen molar-refractivity contribution in [1.29, 1.82) is 0 Å². The number of nitrogens with one attached hydrogen (secondary N) is 1. The molecular formula is C30H45N3O6Si. The number of rotatable bonds is 15. The Bertz CT molecular complexity index is 1120. The number of hydrogen-bond acceptors (Lipinski definition) is 8. The van der Waals surface area contributed by atoms with E-state index in [1.807, 2.05) is 45.0 Å². The third-order valence-corrected chi connectivity index (χ3v) is 11.2. The van der Waals surface area contributed by atoms with Gasteiger partial charge in [-0.05, 0) is 76.3 Å². The maximum atomic E-state index is 13.3. The largest absolute Gasteiger partial charge is 0.500 e. The zero-order valence-corrected chi connectivity index (χ0v) is 25.4. The smallest absolute Gasteiger partial charge is 0.497 e. The Hall–Kier alpha value is -2.50. The summed E-state index contributed by atoms with van der Waals surface area (Å²) >= 11 is 0. The second kappa shape index (κ2) is 14.4. The summed E-state index contributed by atoms with van der Waals surface area (Å²) in [5, 5.41) is 3.92. The van der Waals surface area contributed by atoms with Crippen LogP contribution in [0.4, 0.5) is 4.79 Å². The highest BCUT2D eigenvalue weighted by molar-refractivity contribution is 6.60. The molecule has 10 heteroatoms. The minimum Gasteiger partial charge on any atom is -0.497 e. The van der Waals surface area contributed by atoms with E-state index < -0.39 is 21.0 Å². The molecule has 40 heavy (non-hydrogen) atoms. The van der Waals surface area contributed by atoms with E-state index in [2.05, 4.69) is 27.9 Å². The quantitative estimate of drug-likeness (QED) is 0.177. The lowest BCUT2D eigenvalue weighted by Crippen LogP contribution is -2.54. The third-order valence-electron chi connectivity index (χ3n) is 8.05. The Labute approximate surface area is 239 Å². The van der Waals surface area contributed by atoms with Crippen LogP contribution in [0.3, 0.4) is 0 Å². The number of fused-ring (bicyclic) bond motifs is 4. The lowest BCUT2D eigenvalue weighted by Gasteiger charge is -2.50. The van der Waals surface area contributed by atoms with Crippen molar-refractivity contribution in [2.45, 2.75) is 45.8 Å². The van der Waals surface area contributed by atoms with E-state index in [4.69, 9.17) is 22.8 Å². The number of hydrogen-bond donors (Lipinski definition) is 1. The molecule has 0 saturated carbocycles. The summed E-state index contributed by atoms with van der Waals surface area (Å²) < 4.78 is 29.7. The first-order valence-electron chi connectivity index (χ1n) is 14.6. The fourth-order valence-electron chi connectivity index (χ4n) is 6.33. The molecule has 5 atom stereocenters. The molecule has 220 valence electrons. The number of amides is 1. The number of carbonyl (C=O) groups excluding carboxylic acids is 1. The van der Waals surface area contributed by atoms with Crippen molar-refractivity contribution >= 4 is 25.8 Å². The summed E-state index contributed by atoms with van der Waals surface area (Å²) in [6.45, 7) is 14.9. The van der Waals surface area contributed by atoms with Gasteiger partial charge in [-0.15, -0.1) is 6.58 Å². The van der Waals surface area contributed by atoms with Crippen LogP contribution in [-0.4, -0.2) is 77.9 Å². The van der Waals surface area contributed by atoms with Crippen LogP contribution < -0.4 is 10.1 Å². The molecular weight excluding hydrogens is 526 g/mol. The number of pyridine rings is 1. The summed E-state index contributed by atoms with van der Waals surface area (Å²) in [7, 11) is -1.11. The van der Waals surface area contributed by atoms with Gasteiger partial charge in [-0.2, -0.15) is 0 Å². The lowest BCUT2D eigenvalue weighted by atomic mass is 9.69. The predicted molar refractivity (Wildman–Crippen MR) is 157 cm³/mol. The van der Waals surface area contributed by atoms with Crippen molar-refractivity contribution < 1.29 is 27.5 Å². The molecule has 1 unspecified atom stereocenters. The number of benzene rings is 1. The van der Waals surface area contributed by atoms with Gasteiger partial charge in [0.1, 0.15) is 11.9 Å². The van der Waals surface area contributed by atoms with Gasteiger partial charge in [0.05, 0.1) is 12.6 Å². The first-order chi connectivity index (χ1) is 19.5. The van der Waals surface area contributed by atoms with Gasteiger partial charge in [0.2, 0.25) is 0 Å². The van der Waals surface area contributed by atoms with Gasteiger partial charge in [-0.25, -0.2) is 4.79 Å². The predicted octanol–water partition coefficient (Wildman–Crippen LogP) is 5.20. The van der Waals surface area contributed by atoms with Crippen molar-refractivity contribution in [1.82, 2.24) is 15.2 Å². The molecule has 3 fully saturated rings. The van der Waals surface area contributed by atoms with Crippen LogP contribution in [0.1, 0.15) is 45.3 Å². The number of nitrogens with zero attached hydrogens (tertiary/aromatic N) is 2. The number of methoxy groups -OCH3 is 1. The normalized spacial score (nSPS) is 23.1. The molecule has 1 aromatic carbocycles. The second-order valence-corrected chi connectivity index (χ2v) is 13.1. The lowest BCUT2D eigenvalue weighted by molar-refractivity contribution is -0.0526. The summed E-state index contributed by atoms with van der Waals surface area (Å²) in [4.78, 5) is 20.3. The van der Waals surface area contributed by atoms with Crippen LogP contribution in [0.25, 0.3) is 10.9 Å². The molecule has 0 aliphatic carbocycles. The third kappa shape index (κ3) is 7.03. The minimum absolute atomic E-state index is 0.141. The number of alkyl carbamates (subject to hydrolysis) is 1. The van der Waals surface area contributed by atoms with Gasteiger partial charge in [-0.1, -0.05) is 6.08 Å². The number of aromatic nitrogens is 1. The van der Waals surface area contributed by atoms with Crippen LogP contribution in [0, 0.1) is 17.8 Å². The SMILES string of the molecule is C=C[C@H]1CN2CC[C@@H]1[C@@H]([C@H](OC(=O)NCCC[Si](OCC)(OCC)OCC)c1ccnc3ccc(OC)cc13)C2. The molecule has 2 aromatic rings. The van der Waals surface area contributed by atoms with E-state index in [0.717, 1.165) is 48.3 Å². The Morgan fingerprint density at radius 1 is 1.18 bits per heavy atom. The van der Waals surface area contributed by atoms with Crippen molar-refractivity contribution in [3.05, 3.63) is 48.7 Å². The van der Waals surface area contributed by atoms with Gasteiger partial charge in [0.25, 0.3) is 0 Å². The molecule has 0 spiro atoms. The number of piperidine rings is 3. The first kappa shape index (κ1) is 30.5. The molecule has 9 nitrogen and oxygen atoms in total. The Morgan fingerprint density at radius 3 is 2.58 bits per heavy atom. The van der Waals surface area contributed by atoms with Crippen LogP contribution in [0.15, 0.2) is 43.1 Å². The molecule has 3 saturated heterocycles. The second-order valence-electron chi connectivity index (χ2n) is 10.4. The van der Waals surface area contributed by atoms with Gasteiger partial charge >= 0.3 is 14.9 Å². The average Bonchev–Trinajstić information content (AvgIpc) is 2.98. The van der Waals surface area contributed by atoms with Crippen molar-refractivity contribution in [3.63, 3.8) is 0 Å². The first-order valence-corrected chi connectivity index (χ1v) is 16.5. The summed E-state index contributed by atoms with van der Waals surface area (Å²) in [5.74, 6) is 1.65. The monoisotopic (exact) mass is 571 g/mol. The van der Waals surface area contributed by atoms with Crippen LogP contribution in [0.2, 0.25) is 6.04 Å². The minimum atomic E-state index is -2.77. The zero-order valence-electron chi connectivity index (χ0n) is 24.4. The molecule has 2 bridgehead atoms. The maximum absolute atomic E-state index is 13.3. The molecule has 5 rings (SSSR count). The van der Waals surface area contributed by atoms with E-state index in [9.17, 15) is 4.79 Å². The Balaban J connectivity index is 1.53. The van der Waals surface area contributed by atoms with Crippen LogP contribution >= 0.6 is 0 Å². The van der Waals surface area contributed by atoms with Crippen LogP contribution in [-0.2, 0) is 18.0 Å². The molecule has 1 amide bonds. The van der Waals surface area contributed by atoms with E-state index >= 15 is 0 Å². The van der Waals surface area contributed by atoms with Crippen LogP contribution in [0.5, 0.6) is 5.75 Å². The highest BCUT2D eigenvalue weighted by Crippen LogP contribution is 2.46. The van der Waals surface area contributed by atoms with Gasteiger partial charge in [0.15, 0.2) is 0 Å². The average molecular weight is 572 g/mol. The molecule has 4 heterocycles. The number of carbonyl (C=O) groups is 1. The highest BCUT2D eigenvalue weighted by atomic mass is 28.4. The van der Waals surface area contributed by atoms with E-state index in [1.54, 1.807) is 13.3 Å². The van der Waals surface area contributed by atoms with E-state index in [-0.39, 0.29) is 5.92 Å². The molecule has 1 aromatic heterocycles. The fraction of sp³-hybridized carbons (Fsp3) is 0.600. The van der Waals surface area contributed by atoms with Crippen molar-refractivity contribution in [2.24, 2.45) is 17.8 Å². The standard InChI is InChI=1S/C30H45N3O6Si/c1-6-22-20-33-17-14-24(22)27(21-33)29(25-13-16-31-28-12-11-23(35-5)19-26(25)28)39-30(34)32-15-10-18-40(36-7-2,37-8-3)38-9-4/h6,11-13,16,19,22,24,27,29H,1,7-10,14-15,17-18,20-21H2,2-5H3,(H,32,34)/t22-,24-,27-,29+/m0/s1. The molecule has 3 aliphatic heterocycles. The molecule has 0 radical (unpaired) electrons.